The van der Waals surface area contributed by atoms with Crippen molar-refractivity contribution in [1.82, 2.24) is 0 Å². The molecule has 1 atom stereocenters. The number of aldehydes is 1. The molecule has 0 aromatic carbocycles. The predicted molar refractivity (Wildman–Crippen MR) is 43.2 cm³/mol. The molecular weight excluding hydrogens is 156 g/mol. The van der Waals surface area contributed by atoms with Gasteiger partial charge in [-0.25, -0.2) is 0 Å². The number of carboxylic acid groups (broad SMARTS) is 1. The fourth-order valence-corrected chi connectivity index (χ4v) is 0.842. The van der Waals surface area contributed by atoms with E-state index >= 15 is 0 Å². The molecule has 3 nitrogen and oxygen atoms in total. The summed E-state index contributed by atoms with van der Waals surface area (Å²) < 4.78 is 0. The standard InChI is InChI=1S/C9H14O3/c1-2-8(9(11)12)6-4-3-5-7-10/h3-4,7-8H,2,5-6H2,1H3,(H,11,12)/p-1/b4-3+. The summed E-state index contributed by atoms with van der Waals surface area (Å²) in [7, 11) is 0. The van der Waals surface area contributed by atoms with E-state index in [2.05, 4.69) is 0 Å². The van der Waals surface area contributed by atoms with E-state index in [1.807, 2.05) is 0 Å². The fourth-order valence-electron chi connectivity index (χ4n) is 0.842. The minimum atomic E-state index is -1.02. The molecule has 0 saturated heterocycles. The lowest BCUT2D eigenvalue weighted by Gasteiger charge is -2.12. The Labute approximate surface area is 72.1 Å². The molecule has 0 bridgehead atoms. The Hall–Kier alpha value is -1.12. The van der Waals surface area contributed by atoms with Gasteiger partial charge in [-0.2, -0.15) is 0 Å². The number of rotatable bonds is 6. The molecule has 0 aliphatic heterocycles. The fraction of sp³-hybridized carbons (Fsp3) is 0.556. The van der Waals surface area contributed by atoms with Crippen LogP contribution >= 0.6 is 0 Å². The van der Waals surface area contributed by atoms with Crippen molar-refractivity contribution in [1.29, 1.82) is 0 Å². The predicted octanol–water partition coefficient (Wildman–Crippen LogP) is 0.298. The highest BCUT2D eigenvalue weighted by atomic mass is 16.4. The molecule has 0 spiro atoms. The summed E-state index contributed by atoms with van der Waals surface area (Å²) in [5, 5.41) is 10.4. The van der Waals surface area contributed by atoms with Gasteiger partial charge in [0.25, 0.3) is 0 Å². The third-order valence-corrected chi connectivity index (χ3v) is 1.65. The molecule has 1 unspecified atom stereocenters. The summed E-state index contributed by atoms with van der Waals surface area (Å²) >= 11 is 0. The zero-order valence-electron chi connectivity index (χ0n) is 7.16. The number of allylic oxidation sites excluding steroid dienone is 2. The van der Waals surface area contributed by atoms with Gasteiger partial charge in [-0.05, 0) is 12.8 Å². The van der Waals surface area contributed by atoms with Crippen LogP contribution < -0.4 is 5.11 Å². The Morgan fingerprint density at radius 2 is 2.17 bits per heavy atom. The monoisotopic (exact) mass is 169 g/mol. The number of carbonyl (C=O) groups is 2. The van der Waals surface area contributed by atoms with Gasteiger partial charge in [-0.3, -0.25) is 0 Å². The lowest BCUT2D eigenvalue weighted by Crippen LogP contribution is -2.30. The number of hydrogen-bond donors (Lipinski definition) is 0. The van der Waals surface area contributed by atoms with Crippen molar-refractivity contribution in [3.8, 4) is 0 Å². The second-order valence-electron chi connectivity index (χ2n) is 2.53. The topological polar surface area (TPSA) is 57.2 Å². The van der Waals surface area contributed by atoms with E-state index in [1.165, 1.54) is 0 Å². The minimum absolute atomic E-state index is 0.351. The van der Waals surface area contributed by atoms with Crippen LogP contribution in [-0.2, 0) is 9.59 Å². The molecule has 0 saturated carbocycles. The number of carbonyl (C=O) groups excluding carboxylic acids is 2. The van der Waals surface area contributed by atoms with Crippen molar-refractivity contribution < 1.29 is 14.7 Å². The van der Waals surface area contributed by atoms with Crippen LogP contribution in [0.3, 0.4) is 0 Å². The number of aliphatic carboxylic acids is 1. The van der Waals surface area contributed by atoms with Gasteiger partial charge in [0.05, 0.1) is 0 Å². The van der Waals surface area contributed by atoms with E-state index in [0.29, 0.717) is 19.3 Å². The second-order valence-corrected chi connectivity index (χ2v) is 2.53. The molecule has 0 radical (unpaired) electrons. The van der Waals surface area contributed by atoms with E-state index in [-0.39, 0.29) is 0 Å². The van der Waals surface area contributed by atoms with Crippen LogP contribution in [-0.4, -0.2) is 12.3 Å². The average molecular weight is 169 g/mol. The molecule has 0 rings (SSSR count). The summed E-state index contributed by atoms with van der Waals surface area (Å²) in [6.45, 7) is 1.80. The van der Waals surface area contributed by atoms with Crippen molar-refractivity contribution >= 4 is 12.3 Å². The summed E-state index contributed by atoms with van der Waals surface area (Å²) in [6, 6.07) is 0. The van der Waals surface area contributed by atoms with Crippen LogP contribution in [0.15, 0.2) is 12.2 Å². The third kappa shape index (κ3) is 4.66. The SMILES string of the molecule is CCC(C/C=C/CC=O)C(=O)[O-]. The molecular formula is C9H13O3-. The van der Waals surface area contributed by atoms with Gasteiger partial charge in [-0.1, -0.05) is 19.1 Å². The summed E-state index contributed by atoms with van der Waals surface area (Å²) in [4.78, 5) is 20.3. The van der Waals surface area contributed by atoms with Gasteiger partial charge in [0, 0.05) is 18.3 Å². The molecule has 0 amide bonds. The minimum Gasteiger partial charge on any atom is -0.550 e. The van der Waals surface area contributed by atoms with Crippen LogP contribution in [0, 0.1) is 5.92 Å². The van der Waals surface area contributed by atoms with Crippen molar-refractivity contribution in [3.63, 3.8) is 0 Å². The first-order valence-electron chi connectivity index (χ1n) is 4.01. The van der Waals surface area contributed by atoms with Crippen molar-refractivity contribution in [2.24, 2.45) is 5.92 Å². The van der Waals surface area contributed by atoms with E-state index in [4.69, 9.17) is 0 Å². The molecule has 3 heteroatoms. The van der Waals surface area contributed by atoms with E-state index in [1.54, 1.807) is 19.1 Å². The highest BCUT2D eigenvalue weighted by molar-refractivity contribution is 5.67. The van der Waals surface area contributed by atoms with E-state index in [9.17, 15) is 14.7 Å². The van der Waals surface area contributed by atoms with Crippen LogP contribution in [0.1, 0.15) is 26.2 Å². The van der Waals surface area contributed by atoms with Gasteiger partial charge in [0.1, 0.15) is 6.29 Å². The van der Waals surface area contributed by atoms with Crippen LogP contribution in [0.25, 0.3) is 0 Å². The van der Waals surface area contributed by atoms with Crippen LogP contribution in [0.5, 0.6) is 0 Å². The summed E-state index contributed by atoms with van der Waals surface area (Å²) in [6.07, 6.45) is 5.51. The summed E-state index contributed by atoms with van der Waals surface area (Å²) in [5.41, 5.74) is 0. The normalized spacial score (nSPS) is 13.1. The molecule has 0 aromatic rings. The van der Waals surface area contributed by atoms with Gasteiger partial charge >= 0.3 is 0 Å². The zero-order valence-corrected chi connectivity index (χ0v) is 7.16. The maximum absolute atomic E-state index is 10.4. The molecule has 0 aliphatic carbocycles. The largest absolute Gasteiger partial charge is 0.550 e. The third-order valence-electron chi connectivity index (χ3n) is 1.65. The first kappa shape index (κ1) is 10.9. The Morgan fingerprint density at radius 3 is 2.58 bits per heavy atom. The molecule has 0 aliphatic rings. The Bertz CT molecular complexity index is 173. The smallest absolute Gasteiger partial charge is 0.123 e. The van der Waals surface area contributed by atoms with Crippen molar-refractivity contribution in [2.45, 2.75) is 26.2 Å². The quantitative estimate of drug-likeness (QED) is 0.424. The highest BCUT2D eigenvalue weighted by Crippen LogP contribution is 2.07. The number of hydrogen-bond acceptors (Lipinski definition) is 3. The second kappa shape index (κ2) is 6.58. The maximum Gasteiger partial charge on any atom is 0.123 e. The van der Waals surface area contributed by atoms with Gasteiger partial charge in [0.2, 0.25) is 0 Å². The van der Waals surface area contributed by atoms with Crippen LogP contribution in [0.4, 0.5) is 0 Å². The lowest BCUT2D eigenvalue weighted by molar-refractivity contribution is -0.311. The lowest BCUT2D eigenvalue weighted by atomic mass is 10.0. The first-order chi connectivity index (χ1) is 5.72. The Balaban J connectivity index is 3.71. The summed E-state index contributed by atoms with van der Waals surface area (Å²) in [5.74, 6) is -1.44. The van der Waals surface area contributed by atoms with Crippen molar-refractivity contribution in [2.75, 3.05) is 0 Å². The maximum atomic E-state index is 10.4. The molecule has 0 fully saturated rings. The van der Waals surface area contributed by atoms with Gasteiger partial charge < -0.3 is 14.7 Å². The molecule has 0 N–H and O–H groups in total. The van der Waals surface area contributed by atoms with Crippen molar-refractivity contribution in [3.05, 3.63) is 12.2 Å². The first-order valence-corrected chi connectivity index (χ1v) is 4.01. The Kier molecular flexibility index (Phi) is 5.97. The Morgan fingerprint density at radius 1 is 1.50 bits per heavy atom. The van der Waals surface area contributed by atoms with Gasteiger partial charge in [-0.15, -0.1) is 0 Å². The average Bonchev–Trinajstić information content (AvgIpc) is 2.04. The molecule has 0 aromatic heterocycles. The van der Waals surface area contributed by atoms with Crippen LogP contribution in [0.2, 0.25) is 0 Å². The molecule has 68 valence electrons. The van der Waals surface area contributed by atoms with Gasteiger partial charge in [0.15, 0.2) is 0 Å². The zero-order chi connectivity index (χ0) is 9.40. The number of carboxylic acids is 1. The molecule has 0 heterocycles. The molecule has 12 heavy (non-hydrogen) atoms. The van der Waals surface area contributed by atoms with E-state index in [0.717, 1.165) is 6.29 Å². The van der Waals surface area contributed by atoms with E-state index < -0.39 is 11.9 Å². The highest BCUT2D eigenvalue weighted by Gasteiger charge is 2.03.